The molecule has 0 aliphatic carbocycles. The highest BCUT2D eigenvalue weighted by molar-refractivity contribution is 6.31. The highest BCUT2D eigenvalue weighted by atomic mass is 35.5. The molecule has 1 heterocycles. The number of ether oxygens (including phenoxy) is 1. The fourth-order valence-electron chi connectivity index (χ4n) is 2.57. The number of hydrogen-bond acceptors (Lipinski definition) is 3. The van der Waals surface area contributed by atoms with Crippen molar-refractivity contribution in [2.45, 2.75) is 19.0 Å². The Morgan fingerprint density at radius 1 is 1.00 bits per heavy atom. The van der Waals surface area contributed by atoms with Crippen molar-refractivity contribution >= 4 is 23.2 Å². The van der Waals surface area contributed by atoms with E-state index in [2.05, 4.69) is 10.3 Å². The van der Waals surface area contributed by atoms with Gasteiger partial charge in [0.1, 0.15) is 11.5 Å². The van der Waals surface area contributed by atoms with Gasteiger partial charge in [0.05, 0.1) is 10.6 Å². The maximum Gasteiger partial charge on any atom is 0.417 e. The minimum atomic E-state index is -4.59. The van der Waals surface area contributed by atoms with Gasteiger partial charge in [0.25, 0.3) is 0 Å². The van der Waals surface area contributed by atoms with E-state index in [4.69, 9.17) is 16.3 Å². The molecule has 2 aromatic carbocycles. The van der Waals surface area contributed by atoms with Crippen LogP contribution < -0.4 is 10.1 Å². The molecule has 0 aliphatic rings. The average Bonchev–Trinajstić information content (AvgIpc) is 2.69. The summed E-state index contributed by atoms with van der Waals surface area (Å²) in [5.74, 6) is 0.913. The van der Waals surface area contributed by atoms with Gasteiger partial charge >= 0.3 is 6.18 Å². The number of aromatic nitrogens is 1. The van der Waals surface area contributed by atoms with Crippen LogP contribution in [0.4, 0.5) is 18.9 Å². The first kappa shape index (κ1) is 20.7. The molecule has 4 nitrogen and oxygen atoms in total. The van der Waals surface area contributed by atoms with Crippen molar-refractivity contribution in [3.05, 3.63) is 83.1 Å². The summed E-state index contributed by atoms with van der Waals surface area (Å²) < 4.78 is 44.4. The number of halogens is 4. The third-order valence-electron chi connectivity index (χ3n) is 4.01. The molecule has 0 radical (unpaired) electrons. The molecule has 0 fully saturated rings. The lowest BCUT2D eigenvalue weighted by Gasteiger charge is -2.12. The van der Waals surface area contributed by atoms with Crippen molar-refractivity contribution in [3.8, 4) is 11.5 Å². The quantitative estimate of drug-likeness (QED) is 0.523. The van der Waals surface area contributed by atoms with Crippen LogP contribution in [0.5, 0.6) is 11.5 Å². The predicted octanol–water partition coefficient (Wildman–Crippen LogP) is 6.12. The Morgan fingerprint density at radius 2 is 1.66 bits per heavy atom. The SMILES string of the molecule is O=C(CCc1ccc(Oc2ccncc2)cc1)Nc1ccc(Cl)c(C(F)(F)F)c1. The zero-order chi connectivity index (χ0) is 20.9. The summed E-state index contributed by atoms with van der Waals surface area (Å²) in [6, 6.07) is 14.0. The second kappa shape index (κ2) is 8.96. The number of amides is 1. The highest BCUT2D eigenvalue weighted by Gasteiger charge is 2.33. The summed E-state index contributed by atoms with van der Waals surface area (Å²) in [6.07, 6.45) is -0.783. The van der Waals surface area contributed by atoms with E-state index in [1.165, 1.54) is 6.07 Å². The molecule has 8 heteroatoms. The Morgan fingerprint density at radius 3 is 2.31 bits per heavy atom. The molecule has 0 aliphatic heterocycles. The Hall–Kier alpha value is -3.06. The van der Waals surface area contributed by atoms with Gasteiger partial charge in [0.15, 0.2) is 0 Å². The standard InChI is InChI=1S/C21H16ClF3N2O2/c22-19-7-4-15(13-18(19)21(23,24)25)27-20(28)8-3-14-1-5-16(6-2-14)29-17-9-11-26-12-10-17/h1-2,4-7,9-13H,3,8H2,(H,27,28). The summed E-state index contributed by atoms with van der Waals surface area (Å²) in [5, 5.41) is 2.06. The third-order valence-corrected chi connectivity index (χ3v) is 4.33. The second-order valence-electron chi connectivity index (χ2n) is 6.17. The number of aryl methyl sites for hydroxylation is 1. The van der Waals surface area contributed by atoms with Crippen LogP contribution in [0.3, 0.4) is 0 Å². The monoisotopic (exact) mass is 420 g/mol. The predicted molar refractivity (Wildman–Crippen MR) is 104 cm³/mol. The topological polar surface area (TPSA) is 51.2 Å². The van der Waals surface area contributed by atoms with E-state index in [1.54, 1.807) is 36.7 Å². The van der Waals surface area contributed by atoms with Gasteiger partial charge in [-0.15, -0.1) is 0 Å². The number of hydrogen-bond donors (Lipinski definition) is 1. The van der Waals surface area contributed by atoms with Crippen LogP contribution in [0.25, 0.3) is 0 Å². The van der Waals surface area contributed by atoms with E-state index in [9.17, 15) is 18.0 Å². The summed E-state index contributed by atoms with van der Waals surface area (Å²) in [5.41, 5.74) is -0.0381. The first-order chi connectivity index (χ1) is 13.8. The van der Waals surface area contributed by atoms with Crippen LogP contribution >= 0.6 is 11.6 Å². The molecule has 3 aromatic rings. The maximum absolute atomic E-state index is 12.9. The largest absolute Gasteiger partial charge is 0.457 e. The van der Waals surface area contributed by atoms with Crippen molar-refractivity contribution in [1.29, 1.82) is 0 Å². The fraction of sp³-hybridized carbons (Fsp3) is 0.143. The van der Waals surface area contributed by atoms with Crippen LogP contribution in [0.2, 0.25) is 5.02 Å². The second-order valence-corrected chi connectivity index (χ2v) is 6.58. The molecule has 0 bridgehead atoms. The first-order valence-electron chi connectivity index (χ1n) is 8.65. The van der Waals surface area contributed by atoms with Gasteiger partial charge in [-0.3, -0.25) is 9.78 Å². The van der Waals surface area contributed by atoms with Gasteiger partial charge in [0, 0.05) is 24.5 Å². The molecule has 1 aromatic heterocycles. The van der Waals surface area contributed by atoms with E-state index in [0.29, 0.717) is 17.9 Å². The first-order valence-corrected chi connectivity index (χ1v) is 9.02. The molecular weight excluding hydrogens is 405 g/mol. The number of carbonyl (C=O) groups excluding carboxylic acids is 1. The molecule has 150 valence electrons. The third kappa shape index (κ3) is 5.96. The molecule has 29 heavy (non-hydrogen) atoms. The van der Waals surface area contributed by atoms with Crippen molar-refractivity contribution < 1.29 is 22.7 Å². The Labute approximate surface area is 170 Å². The van der Waals surface area contributed by atoms with E-state index in [-0.39, 0.29) is 12.1 Å². The van der Waals surface area contributed by atoms with E-state index in [1.807, 2.05) is 12.1 Å². The number of rotatable bonds is 6. The Bertz CT molecular complexity index is 977. The number of carbonyl (C=O) groups is 1. The summed E-state index contributed by atoms with van der Waals surface area (Å²) in [4.78, 5) is 16.0. The molecule has 0 unspecified atom stereocenters. The van der Waals surface area contributed by atoms with Crippen molar-refractivity contribution in [1.82, 2.24) is 4.98 Å². The van der Waals surface area contributed by atoms with Crippen LogP contribution in [0.1, 0.15) is 17.5 Å². The minimum Gasteiger partial charge on any atom is -0.457 e. The smallest absolute Gasteiger partial charge is 0.417 e. The van der Waals surface area contributed by atoms with Gasteiger partial charge in [-0.1, -0.05) is 23.7 Å². The molecule has 0 spiro atoms. The number of benzene rings is 2. The normalized spacial score (nSPS) is 11.2. The zero-order valence-electron chi connectivity index (χ0n) is 15.0. The molecule has 1 N–H and O–H groups in total. The molecule has 3 rings (SSSR count). The number of nitrogens with zero attached hydrogens (tertiary/aromatic N) is 1. The number of anilines is 1. The molecular formula is C21H16ClF3N2O2. The van der Waals surface area contributed by atoms with Gasteiger partial charge in [-0.2, -0.15) is 13.2 Å². The van der Waals surface area contributed by atoms with E-state index < -0.39 is 22.7 Å². The van der Waals surface area contributed by atoms with E-state index >= 15 is 0 Å². The Balaban J connectivity index is 1.54. The lowest BCUT2D eigenvalue weighted by atomic mass is 10.1. The zero-order valence-corrected chi connectivity index (χ0v) is 15.8. The van der Waals surface area contributed by atoms with Crippen molar-refractivity contribution in [3.63, 3.8) is 0 Å². The number of pyridine rings is 1. The number of nitrogens with one attached hydrogen (secondary N) is 1. The number of alkyl halides is 3. The molecule has 0 saturated heterocycles. The van der Waals surface area contributed by atoms with Crippen LogP contribution in [-0.4, -0.2) is 10.9 Å². The fourth-order valence-corrected chi connectivity index (χ4v) is 2.79. The molecule has 0 atom stereocenters. The van der Waals surface area contributed by atoms with Crippen molar-refractivity contribution in [2.24, 2.45) is 0 Å². The average molecular weight is 421 g/mol. The van der Waals surface area contributed by atoms with E-state index in [0.717, 1.165) is 17.7 Å². The van der Waals surface area contributed by atoms with Gasteiger partial charge in [-0.25, -0.2) is 0 Å². The van der Waals surface area contributed by atoms with Crippen LogP contribution in [0, 0.1) is 0 Å². The summed E-state index contributed by atoms with van der Waals surface area (Å²) >= 11 is 5.58. The summed E-state index contributed by atoms with van der Waals surface area (Å²) in [6.45, 7) is 0. The lowest BCUT2D eigenvalue weighted by Crippen LogP contribution is -2.13. The Kier molecular flexibility index (Phi) is 6.39. The van der Waals surface area contributed by atoms with Gasteiger partial charge in [-0.05, 0) is 54.4 Å². The summed E-state index contributed by atoms with van der Waals surface area (Å²) in [7, 11) is 0. The van der Waals surface area contributed by atoms with Gasteiger partial charge in [0.2, 0.25) is 5.91 Å². The van der Waals surface area contributed by atoms with Gasteiger partial charge < -0.3 is 10.1 Å². The van der Waals surface area contributed by atoms with Crippen LogP contribution in [0.15, 0.2) is 67.0 Å². The highest BCUT2D eigenvalue weighted by Crippen LogP contribution is 2.36. The van der Waals surface area contributed by atoms with Crippen LogP contribution in [-0.2, 0) is 17.4 Å². The van der Waals surface area contributed by atoms with Crippen molar-refractivity contribution in [2.75, 3.05) is 5.32 Å². The lowest BCUT2D eigenvalue weighted by molar-refractivity contribution is -0.137. The minimum absolute atomic E-state index is 0.0489. The molecule has 0 saturated carbocycles. The molecule has 1 amide bonds. The maximum atomic E-state index is 12.9.